The van der Waals surface area contributed by atoms with Gasteiger partial charge in [0.2, 0.25) is 10.0 Å². The third-order valence-corrected chi connectivity index (χ3v) is 7.38. The summed E-state index contributed by atoms with van der Waals surface area (Å²) in [7, 11) is -3.70. The van der Waals surface area contributed by atoms with E-state index < -0.39 is 15.8 Å². The zero-order chi connectivity index (χ0) is 20.4. The number of aromatic nitrogens is 2. The summed E-state index contributed by atoms with van der Waals surface area (Å²) in [5.41, 5.74) is 0. The number of aryl methyl sites for hydroxylation is 1. The molecule has 7 nitrogen and oxygen atoms in total. The predicted molar refractivity (Wildman–Crippen MR) is 110 cm³/mol. The standard InChI is InChI=1S/C20H26FN5O2S/c1-16-22-19(24-8-3-2-4-9-24)15-20(23-16)25-10-12-26(13-11-25)29(27,28)18-7-5-6-17(21)14-18/h5-7,14-15H,2-4,8-13H2,1H3. The van der Waals surface area contributed by atoms with Crippen molar-refractivity contribution in [1.29, 1.82) is 0 Å². The lowest BCUT2D eigenvalue weighted by molar-refractivity contribution is 0.383. The van der Waals surface area contributed by atoms with Crippen LogP contribution in [0.5, 0.6) is 0 Å². The molecule has 2 aliphatic heterocycles. The van der Waals surface area contributed by atoms with E-state index in [-0.39, 0.29) is 4.90 Å². The molecule has 0 spiro atoms. The Hall–Kier alpha value is -2.26. The zero-order valence-corrected chi connectivity index (χ0v) is 17.4. The Bertz CT molecular complexity index is 971. The molecule has 1 aromatic heterocycles. The minimum atomic E-state index is -3.70. The van der Waals surface area contributed by atoms with Crippen molar-refractivity contribution < 1.29 is 12.8 Å². The van der Waals surface area contributed by atoms with Crippen molar-refractivity contribution in [1.82, 2.24) is 14.3 Å². The van der Waals surface area contributed by atoms with Gasteiger partial charge in [0, 0.05) is 45.3 Å². The number of piperazine rings is 1. The topological polar surface area (TPSA) is 69.6 Å². The van der Waals surface area contributed by atoms with Crippen LogP contribution in [-0.4, -0.2) is 62.0 Å². The minimum absolute atomic E-state index is 0.00350. The highest BCUT2D eigenvalue weighted by atomic mass is 32.2. The van der Waals surface area contributed by atoms with Crippen molar-refractivity contribution in [2.24, 2.45) is 0 Å². The number of piperidine rings is 1. The highest BCUT2D eigenvalue weighted by Crippen LogP contribution is 2.25. The molecule has 9 heteroatoms. The Morgan fingerprint density at radius 2 is 1.48 bits per heavy atom. The molecule has 0 unspecified atom stereocenters. The van der Waals surface area contributed by atoms with E-state index in [1.54, 1.807) is 0 Å². The normalized spacial score (nSPS) is 18.8. The van der Waals surface area contributed by atoms with Gasteiger partial charge in [0.15, 0.2) is 0 Å². The third kappa shape index (κ3) is 4.35. The number of rotatable bonds is 4. The Labute approximate surface area is 171 Å². The molecule has 0 atom stereocenters. The smallest absolute Gasteiger partial charge is 0.243 e. The lowest BCUT2D eigenvalue weighted by atomic mass is 10.1. The van der Waals surface area contributed by atoms with E-state index in [1.165, 1.54) is 41.8 Å². The Kier molecular flexibility index (Phi) is 5.69. The lowest BCUT2D eigenvalue weighted by Crippen LogP contribution is -2.49. The highest BCUT2D eigenvalue weighted by Gasteiger charge is 2.29. The van der Waals surface area contributed by atoms with Gasteiger partial charge >= 0.3 is 0 Å². The minimum Gasteiger partial charge on any atom is -0.356 e. The summed E-state index contributed by atoms with van der Waals surface area (Å²) in [5, 5.41) is 0. The third-order valence-electron chi connectivity index (χ3n) is 5.49. The van der Waals surface area contributed by atoms with Crippen LogP contribution in [0.3, 0.4) is 0 Å². The van der Waals surface area contributed by atoms with Gasteiger partial charge in [-0.1, -0.05) is 6.07 Å². The van der Waals surface area contributed by atoms with Crippen molar-refractivity contribution in [3.05, 3.63) is 42.0 Å². The largest absolute Gasteiger partial charge is 0.356 e. The maximum atomic E-state index is 13.5. The molecule has 29 heavy (non-hydrogen) atoms. The molecule has 0 N–H and O–H groups in total. The summed E-state index contributed by atoms with van der Waals surface area (Å²) < 4.78 is 40.5. The number of sulfonamides is 1. The highest BCUT2D eigenvalue weighted by molar-refractivity contribution is 7.89. The van der Waals surface area contributed by atoms with E-state index in [1.807, 2.05) is 13.0 Å². The summed E-state index contributed by atoms with van der Waals surface area (Å²) in [6.45, 7) is 5.64. The fourth-order valence-corrected chi connectivity index (χ4v) is 5.37. The quantitative estimate of drug-likeness (QED) is 0.758. The number of halogens is 1. The summed E-state index contributed by atoms with van der Waals surface area (Å²) in [6, 6.07) is 7.18. The SMILES string of the molecule is Cc1nc(N2CCCCC2)cc(N2CCN(S(=O)(=O)c3cccc(F)c3)CC2)n1. The molecular weight excluding hydrogens is 393 g/mol. The maximum Gasteiger partial charge on any atom is 0.243 e. The van der Waals surface area contributed by atoms with E-state index in [0.29, 0.717) is 26.2 Å². The maximum absolute atomic E-state index is 13.5. The Balaban J connectivity index is 1.47. The Morgan fingerprint density at radius 3 is 2.10 bits per heavy atom. The van der Waals surface area contributed by atoms with Crippen LogP contribution in [0.2, 0.25) is 0 Å². The number of hydrogen-bond donors (Lipinski definition) is 0. The number of nitrogens with zero attached hydrogens (tertiary/aromatic N) is 5. The second kappa shape index (κ2) is 8.23. The fraction of sp³-hybridized carbons (Fsp3) is 0.500. The molecule has 0 aliphatic carbocycles. The van der Waals surface area contributed by atoms with E-state index in [4.69, 9.17) is 0 Å². The summed E-state index contributed by atoms with van der Waals surface area (Å²) in [4.78, 5) is 13.6. The molecule has 156 valence electrons. The average Bonchev–Trinajstić information content (AvgIpc) is 2.74. The lowest BCUT2D eigenvalue weighted by Gasteiger charge is -2.35. The van der Waals surface area contributed by atoms with Gasteiger partial charge in [-0.25, -0.2) is 22.8 Å². The van der Waals surface area contributed by atoms with E-state index >= 15 is 0 Å². The van der Waals surface area contributed by atoms with E-state index in [0.717, 1.165) is 36.6 Å². The first-order chi connectivity index (χ1) is 13.9. The van der Waals surface area contributed by atoms with Gasteiger partial charge in [-0.05, 0) is 44.4 Å². The van der Waals surface area contributed by atoms with Crippen LogP contribution in [-0.2, 0) is 10.0 Å². The second-order valence-electron chi connectivity index (χ2n) is 7.53. The van der Waals surface area contributed by atoms with Crippen molar-refractivity contribution in [2.75, 3.05) is 49.1 Å². The monoisotopic (exact) mass is 419 g/mol. The summed E-state index contributed by atoms with van der Waals surface area (Å²) in [5.74, 6) is 1.95. The molecule has 2 fully saturated rings. The second-order valence-corrected chi connectivity index (χ2v) is 9.47. The van der Waals surface area contributed by atoms with Crippen molar-refractivity contribution in [3.8, 4) is 0 Å². The van der Waals surface area contributed by atoms with Gasteiger partial charge in [0.25, 0.3) is 0 Å². The van der Waals surface area contributed by atoms with Gasteiger partial charge in [0.05, 0.1) is 4.90 Å². The first-order valence-corrected chi connectivity index (χ1v) is 11.5. The van der Waals surface area contributed by atoms with Gasteiger partial charge in [0.1, 0.15) is 23.3 Å². The molecule has 0 amide bonds. The first-order valence-electron chi connectivity index (χ1n) is 10.0. The van der Waals surface area contributed by atoms with Gasteiger partial charge < -0.3 is 9.80 Å². The molecule has 0 saturated carbocycles. The molecule has 3 heterocycles. The van der Waals surface area contributed by atoms with Crippen LogP contribution in [0.4, 0.5) is 16.0 Å². The average molecular weight is 420 g/mol. The fourth-order valence-electron chi connectivity index (χ4n) is 3.92. The number of benzene rings is 1. The van der Waals surface area contributed by atoms with Crippen LogP contribution in [0, 0.1) is 12.7 Å². The molecule has 1 aromatic carbocycles. The Morgan fingerprint density at radius 1 is 0.862 bits per heavy atom. The molecule has 2 aliphatic rings. The van der Waals surface area contributed by atoms with Crippen LogP contribution in [0.15, 0.2) is 35.2 Å². The van der Waals surface area contributed by atoms with Gasteiger partial charge in [-0.2, -0.15) is 4.31 Å². The molecular formula is C20H26FN5O2S. The molecule has 4 rings (SSSR count). The van der Waals surface area contributed by atoms with Crippen molar-refractivity contribution >= 4 is 21.7 Å². The van der Waals surface area contributed by atoms with E-state index in [2.05, 4.69) is 19.8 Å². The summed E-state index contributed by atoms with van der Waals surface area (Å²) in [6.07, 6.45) is 3.61. The van der Waals surface area contributed by atoms with Crippen molar-refractivity contribution in [3.63, 3.8) is 0 Å². The molecule has 0 radical (unpaired) electrons. The van der Waals surface area contributed by atoms with E-state index in [9.17, 15) is 12.8 Å². The first kappa shape index (κ1) is 20.0. The summed E-state index contributed by atoms with van der Waals surface area (Å²) >= 11 is 0. The number of anilines is 2. The predicted octanol–water partition coefficient (Wildman–Crippen LogP) is 2.43. The van der Waals surface area contributed by atoms with Gasteiger partial charge in [-0.3, -0.25) is 0 Å². The number of hydrogen-bond acceptors (Lipinski definition) is 6. The molecule has 2 aromatic rings. The van der Waals surface area contributed by atoms with Crippen LogP contribution in [0.25, 0.3) is 0 Å². The zero-order valence-electron chi connectivity index (χ0n) is 16.6. The van der Waals surface area contributed by atoms with Crippen LogP contribution >= 0.6 is 0 Å². The van der Waals surface area contributed by atoms with Crippen LogP contribution in [0.1, 0.15) is 25.1 Å². The molecule has 0 bridgehead atoms. The molecule has 2 saturated heterocycles. The van der Waals surface area contributed by atoms with Crippen molar-refractivity contribution in [2.45, 2.75) is 31.1 Å². The van der Waals surface area contributed by atoms with Gasteiger partial charge in [-0.15, -0.1) is 0 Å². The van der Waals surface area contributed by atoms with Crippen LogP contribution < -0.4 is 9.80 Å².